The molecule has 0 amide bonds. The Morgan fingerprint density at radius 1 is 1.13 bits per heavy atom. The number of hydrogen-bond acceptors (Lipinski definition) is 3. The second-order valence-corrected chi connectivity index (χ2v) is 13.2. The Labute approximate surface area is 184 Å². The highest BCUT2D eigenvalue weighted by molar-refractivity contribution is 6.96. The van der Waals surface area contributed by atoms with E-state index in [9.17, 15) is 4.79 Å². The van der Waals surface area contributed by atoms with Crippen LogP contribution in [-0.4, -0.2) is 26.3 Å². The summed E-state index contributed by atoms with van der Waals surface area (Å²) in [4.78, 5) is 11.5. The van der Waals surface area contributed by atoms with Crippen molar-refractivity contribution in [1.82, 2.24) is 0 Å². The van der Waals surface area contributed by atoms with Crippen LogP contribution in [0.15, 0.2) is 65.6 Å². The van der Waals surface area contributed by atoms with E-state index in [0.717, 1.165) is 19.3 Å². The highest BCUT2D eigenvalue weighted by Crippen LogP contribution is 2.36. The van der Waals surface area contributed by atoms with Crippen molar-refractivity contribution >= 4 is 19.2 Å². The molecule has 1 unspecified atom stereocenters. The fourth-order valence-corrected chi connectivity index (χ4v) is 7.30. The van der Waals surface area contributed by atoms with E-state index in [2.05, 4.69) is 89.9 Å². The van der Waals surface area contributed by atoms with E-state index < -0.39 is 13.7 Å². The van der Waals surface area contributed by atoms with Crippen LogP contribution in [0.3, 0.4) is 0 Å². The van der Waals surface area contributed by atoms with Gasteiger partial charge < -0.3 is 9.47 Å². The Bertz CT molecular complexity index is 758. The molecular formula is C26H40O3Si. The maximum Gasteiger partial charge on any atom is 0.307 e. The monoisotopic (exact) mass is 428 g/mol. The van der Waals surface area contributed by atoms with Gasteiger partial charge in [-0.1, -0.05) is 92.7 Å². The van der Waals surface area contributed by atoms with Crippen LogP contribution in [-0.2, 0) is 14.3 Å². The standard InChI is InChI=1S/C26H40O3Si/c1-9-10-12-17-25(30(7,8)24-15-13-11-14-16-24)26(6,28-19-18-21(2)3)20-22(4)29-23(5)27/h11,13-18H,4,9-10,12,19-20H2,1-3,5-8H3/b25-17-. The van der Waals surface area contributed by atoms with Crippen LogP contribution in [0.2, 0.25) is 13.1 Å². The number of hydrogen-bond donors (Lipinski definition) is 0. The molecule has 0 radical (unpaired) electrons. The Balaban J connectivity index is 3.45. The predicted molar refractivity (Wildman–Crippen MR) is 130 cm³/mol. The van der Waals surface area contributed by atoms with Gasteiger partial charge in [0.1, 0.15) is 13.8 Å². The fraction of sp³-hybridized carbons (Fsp3) is 0.500. The van der Waals surface area contributed by atoms with Gasteiger partial charge >= 0.3 is 5.97 Å². The molecule has 0 aliphatic carbocycles. The molecule has 1 rings (SSSR count). The van der Waals surface area contributed by atoms with Gasteiger partial charge in [-0.2, -0.15) is 0 Å². The van der Waals surface area contributed by atoms with Gasteiger partial charge in [-0.3, -0.25) is 4.79 Å². The van der Waals surface area contributed by atoms with E-state index in [1.54, 1.807) is 0 Å². The molecule has 0 bridgehead atoms. The second kappa shape index (κ2) is 12.1. The number of esters is 1. The zero-order chi connectivity index (χ0) is 22.8. The smallest absolute Gasteiger partial charge is 0.307 e. The van der Waals surface area contributed by atoms with Crippen LogP contribution in [0.1, 0.15) is 60.3 Å². The van der Waals surface area contributed by atoms with Crippen LogP contribution in [0.4, 0.5) is 0 Å². The minimum atomic E-state index is -2.04. The van der Waals surface area contributed by atoms with Crippen LogP contribution < -0.4 is 5.19 Å². The van der Waals surface area contributed by atoms with E-state index in [0.29, 0.717) is 18.8 Å². The third-order valence-electron chi connectivity index (χ3n) is 5.36. The summed E-state index contributed by atoms with van der Waals surface area (Å²) < 4.78 is 11.9. The lowest BCUT2D eigenvalue weighted by molar-refractivity contribution is -0.137. The van der Waals surface area contributed by atoms with Crippen LogP contribution in [0.25, 0.3) is 0 Å². The van der Waals surface area contributed by atoms with Gasteiger partial charge in [0.15, 0.2) is 0 Å². The molecular weight excluding hydrogens is 388 g/mol. The van der Waals surface area contributed by atoms with Crippen LogP contribution in [0.5, 0.6) is 0 Å². The first-order valence-corrected chi connectivity index (χ1v) is 13.9. The highest BCUT2D eigenvalue weighted by Gasteiger charge is 2.41. The Hall–Kier alpha value is -1.91. The number of benzene rings is 1. The minimum Gasteiger partial charge on any atom is -0.432 e. The van der Waals surface area contributed by atoms with Crippen molar-refractivity contribution in [3.63, 3.8) is 0 Å². The van der Waals surface area contributed by atoms with E-state index in [-0.39, 0.29) is 5.97 Å². The quantitative estimate of drug-likeness (QED) is 0.126. The van der Waals surface area contributed by atoms with E-state index in [1.165, 1.54) is 22.9 Å². The molecule has 0 aliphatic rings. The first-order chi connectivity index (χ1) is 14.0. The molecule has 0 fully saturated rings. The highest BCUT2D eigenvalue weighted by atomic mass is 28.3. The number of allylic oxidation sites excluding steroid dienone is 2. The molecule has 0 aromatic heterocycles. The molecule has 0 spiro atoms. The molecule has 0 saturated heterocycles. The van der Waals surface area contributed by atoms with Gasteiger partial charge in [0.05, 0.1) is 12.2 Å². The van der Waals surface area contributed by atoms with Gasteiger partial charge in [0.25, 0.3) is 0 Å². The van der Waals surface area contributed by atoms with Crippen LogP contribution >= 0.6 is 0 Å². The van der Waals surface area contributed by atoms with Crippen molar-refractivity contribution in [3.8, 4) is 0 Å². The SMILES string of the molecule is C=C(CC(C)(OCC=C(C)C)/C(=C/CCCC)[Si](C)(C)c1ccccc1)OC(C)=O. The third-order valence-corrected chi connectivity index (χ3v) is 9.22. The number of ether oxygens (including phenoxy) is 2. The maximum absolute atomic E-state index is 11.5. The average molecular weight is 429 g/mol. The normalized spacial score (nSPS) is 14.0. The summed E-state index contributed by atoms with van der Waals surface area (Å²) >= 11 is 0. The summed E-state index contributed by atoms with van der Waals surface area (Å²) in [6.45, 7) is 19.1. The predicted octanol–water partition coefficient (Wildman–Crippen LogP) is 6.47. The molecule has 1 atom stereocenters. The van der Waals surface area contributed by atoms with Gasteiger partial charge in [-0.05, 0) is 32.4 Å². The topological polar surface area (TPSA) is 35.5 Å². The van der Waals surface area contributed by atoms with Crippen molar-refractivity contribution in [2.45, 2.75) is 79.0 Å². The minimum absolute atomic E-state index is 0.345. The molecule has 166 valence electrons. The second-order valence-electron chi connectivity index (χ2n) is 8.88. The molecule has 1 aromatic carbocycles. The lowest BCUT2D eigenvalue weighted by Crippen LogP contribution is -2.52. The molecule has 0 saturated carbocycles. The van der Waals surface area contributed by atoms with E-state index in [4.69, 9.17) is 9.47 Å². The van der Waals surface area contributed by atoms with Gasteiger partial charge in [-0.25, -0.2) is 0 Å². The number of carbonyl (C=O) groups is 1. The molecule has 30 heavy (non-hydrogen) atoms. The Morgan fingerprint density at radius 2 is 1.77 bits per heavy atom. The third kappa shape index (κ3) is 8.08. The van der Waals surface area contributed by atoms with Crippen molar-refractivity contribution in [1.29, 1.82) is 0 Å². The zero-order valence-electron chi connectivity index (χ0n) is 20.0. The van der Waals surface area contributed by atoms with E-state index in [1.807, 2.05) is 0 Å². The Kier molecular flexibility index (Phi) is 10.5. The molecule has 1 aromatic rings. The number of rotatable bonds is 12. The first-order valence-electron chi connectivity index (χ1n) is 10.9. The average Bonchev–Trinajstić information content (AvgIpc) is 2.64. The summed E-state index contributed by atoms with van der Waals surface area (Å²) in [6, 6.07) is 10.7. The maximum atomic E-state index is 11.5. The zero-order valence-corrected chi connectivity index (χ0v) is 21.0. The summed E-state index contributed by atoms with van der Waals surface area (Å²) in [7, 11) is -2.04. The van der Waals surface area contributed by atoms with Crippen LogP contribution in [0, 0.1) is 0 Å². The van der Waals surface area contributed by atoms with Crippen molar-refractivity contribution in [3.05, 3.63) is 65.6 Å². The fourth-order valence-electron chi connectivity index (χ4n) is 3.82. The lowest BCUT2D eigenvalue weighted by Gasteiger charge is -2.41. The van der Waals surface area contributed by atoms with Crippen molar-refractivity contribution < 1.29 is 14.3 Å². The molecule has 3 nitrogen and oxygen atoms in total. The number of carbonyl (C=O) groups excluding carboxylic acids is 1. The molecule has 0 N–H and O–H groups in total. The molecule has 0 aliphatic heterocycles. The largest absolute Gasteiger partial charge is 0.432 e. The number of unbranched alkanes of at least 4 members (excludes halogenated alkanes) is 2. The van der Waals surface area contributed by atoms with Gasteiger partial charge in [0.2, 0.25) is 0 Å². The summed E-state index contributed by atoms with van der Waals surface area (Å²) in [5.41, 5.74) is 0.616. The Morgan fingerprint density at radius 3 is 2.30 bits per heavy atom. The van der Waals surface area contributed by atoms with Crippen molar-refractivity contribution in [2.24, 2.45) is 0 Å². The summed E-state index contributed by atoms with van der Waals surface area (Å²) in [5, 5.41) is 2.69. The molecule has 0 heterocycles. The van der Waals surface area contributed by atoms with Crippen molar-refractivity contribution in [2.75, 3.05) is 6.61 Å². The van der Waals surface area contributed by atoms with E-state index >= 15 is 0 Å². The van der Waals surface area contributed by atoms with Gasteiger partial charge in [0, 0.05) is 13.3 Å². The van der Waals surface area contributed by atoms with Gasteiger partial charge in [-0.15, -0.1) is 0 Å². The molecule has 4 heteroatoms. The summed E-state index contributed by atoms with van der Waals surface area (Å²) in [5.74, 6) is 0.101. The first kappa shape index (κ1) is 26.1. The lowest BCUT2D eigenvalue weighted by atomic mass is 9.98. The summed E-state index contributed by atoms with van der Waals surface area (Å²) in [6.07, 6.45) is 8.21.